The van der Waals surface area contributed by atoms with E-state index in [1.165, 1.54) is 30.2 Å². The van der Waals surface area contributed by atoms with Gasteiger partial charge in [0.1, 0.15) is 11.6 Å². The van der Waals surface area contributed by atoms with Crippen molar-refractivity contribution in [3.63, 3.8) is 0 Å². The SMILES string of the molecule is O=C(CSc1nnc(C2CC2)n1Cc1ccccc1)N1CCN(c2ccccn2)CC1. The Balaban J connectivity index is 1.20. The maximum atomic E-state index is 12.9. The maximum Gasteiger partial charge on any atom is 0.233 e. The second-order valence-electron chi connectivity index (χ2n) is 8.03. The molecule has 0 unspecified atom stereocenters. The molecule has 1 aliphatic carbocycles. The monoisotopic (exact) mass is 434 g/mol. The molecule has 2 fully saturated rings. The van der Waals surface area contributed by atoms with Crippen molar-refractivity contribution < 1.29 is 4.79 Å². The molecule has 1 amide bonds. The Morgan fingerprint density at radius 1 is 0.968 bits per heavy atom. The van der Waals surface area contributed by atoms with E-state index >= 15 is 0 Å². The van der Waals surface area contributed by atoms with E-state index in [9.17, 15) is 4.79 Å². The molecule has 160 valence electrons. The van der Waals surface area contributed by atoms with Crippen LogP contribution in [0.5, 0.6) is 0 Å². The molecule has 2 aromatic heterocycles. The van der Waals surface area contributed by atoms with Crippen LogP contribution in [-0.4, -0.2) is 62.5 Å². The summed E-state index contributed by atoms with van der Waals surface area (Å²) in [4.78, 5) is 21.4. The van der Waals surface area contributed by atoms with Crippen LogP contribution in [0.2, 0.25) is 0 Å². The quantitative estimate of drug-likeness (QED) is 0.533. The number of hydrogen-bond acceptors (Lipinski definition) is 6. The summed E-state index contributed by atoms with van der Waals surface area (Å²) in [5.74, 6) is 3.10. The van der Waals surface area contributed by atoms with Crippen molar-refractivity contribution in [3.05, 3.63) is 66.1 Å². The highest BCUT2D eigenvalue weighted by Crippen LogP contribution is 2.40. The number of benzene rings is 1. The molecular weight excluding hydrogens is 408 g/mol. The van der Waals surface area contributed by atoms with Crippen molar-refractivity contribution in [1.29, 1.82) is 0 Å². The summed E-state index contributed by atoms with van der Waals surface area (Å²) in [6.07, 6.45) is 4.17. The molecule has 0 N–H and O–H groups in total. The Morgan fingerprint density at radius 3 is 2.45 bits per heavy atom. The normalized spacial score (nSPS) is 16.5. The first-order valence-corrected chi connectivity index (χ1v) is 11.8. The molecule has 1 aromatic carbocycles. The van der Waals surface area contributed by atoms with Gasteiger partial charge in [0.2, 0.25) is 5.91 Å². The maximum absolute atomic E-state index is 12.9. The van der Waals surface area contributed by atoms with Crippen molar-refractivity contribution in [2.24, 2.45) is 0 Å². The highest BCUT2D eigenvalue weighted by molar-refractivity contribution is 7.99. The molecule has 3 aromatic rings. The minimum Gasteiger partial charge on any atom is -0.353 e. The van der Waals surface area contributed by atoms with Gasteiger partial charge in [-0.05, 0) is 30.5 Å². The predicted octanol–water partition coefficient (Wildman–Crippen LogP) is 3.04. The van der Waals surface area contributed by atoms with Gasteiger partial charge in [-0.1, -0.05) is 48.2 Å². The number of amides is 1. The Morgan fingerprint density at radius 2 is 1.74 bits per heavy atom. The molecule has 0 atom stereocenters. The summed E-state index contributed by atoms with van der Waals surface area (Å²) in [6.45, 7) is 3.81. The number of hydrogen-bond donors (Lipinski definition) is 0. The third-order valence-corrected chi connectivity index (χ3v) is 6.75. The Bertz CT molecular complexity index is 1010. The largest absolute Gasteiger partial charge is 0.353 e. The molecule has 1 aliphatic heterocycles. The van der Waals surface area contributed by atoms with Gasteiger partial charge in [-0.2, -0.15) is 0 Å². The van der Waals surface area contributed by atoms with Crippen LogP contribution in [-0.2, 0) is 11.3 Å². The van der Waals surface area contributed by atoms with E-state index < -0.39 is 0 Å². The molecule has 1 saturated heterocycles. The summed E-state index contributed by atoms with van der Waals surface area (Å²) in [7, 11) is 0. The zero-order valence-electron chi connectivity index (χ0n) is 17.4. The number of carbonyl (C=O) groups excluding carboxylic acids is 1. The summed E-state index contributed by atoms with van der Waals surface area (Å²) in [5, 5.41) is 9.73. The van der Waals surface area contributed by atoms with Crippen molar-refractivity contribution in [2.75, 3.05) is 36.8 Å². The molecule has 0 bridgehead atoms. The minimum atomic E-state index is 0.160. The molecule has 2 aliphatic rings. The van der Waals surface area contributed by atoms with Gasteiger partial charge >= 0.3 is 0 Å². The standard InChI is InChI=1S/C23H26N6OS/c30-21(28-14-12-27(13-15-28)20-8-4-5-11-24-20)17-31-23-26-25-22(19-9-10-19)29(23)16-18-6-2-1-3-7-18/h1-8,11,19H,9-10,12-17H2. The van der Waals surface area contributed by atoms with E-state index in [2.05, 4.69) is 48.9 Å². The summed E-state index contributed by atoms with van der Waals surface area (Å²) < 4.78 is 2.20. The highest BCUT2D eigenvalue weighted by Gasteiger charge is 2.31. The lowest BCUT2D eigenvalue weighted by Crippen LogP contribution is -2.49. The van der Waals surface area contributed by atoms with E-state index in [-0.39, 0.29) is 5.91 Å². The number of piperazine rings is 1. The van der Waals surface area contributed by atoms with Gasteiger partial charge in [-0.25, -0.2) is 4.98 Å². The molecule has 8 heteroatoms. The third kappa shape index (κ3) is 4.74. The van der Waals surface area contributed by atoms with Crippen LogP contribution < -0.4 is 4.90 Å². The number of nitrogens with zero attached hydrogens (tertiary/aromatic N) is 6. The van der Waals surface area contributed by atoms with Crippen LogP contribution in [0.15, 0.2) is 59.9 Å². The van der Waals surface area contributed by atoms with Gasteiger partial charge in [-0.15, -0.1) is 10.2 Å². The fourth-order valence-corrected chi connectivity index (χ4v) is 4.76. The van der Waals surface area contributed by atoms with Gasteiger partial charge in [0.05, 0.1) is 12.3 Å². The third-order valence-electron chi connectivity index (χ3n) is 5.80. The van der Waals surface area contributed by atoms with Crippen LogP contribution in [0.25, 0.3) is 0 Å². The fourth-order valence-electron chi connectivity index (χ4n) is 3.91. The van der Waals surface area contributed by atoms with Crippen LogP contribution in [0, 0.1) is 0 Å². The minimum absolute atomic E-state index is 0.160. The van der Waals surface area contributed by atoms with Gasteiger partial charge < -0.3 is 14.4 Å². The van der Waals surface area contributed by atoms with Gasteiger partial charge in [-0.3, -0.25) is 4.79 Å². The van der Waals surface area contributed by atoms with Crippen molar-refractivity contribution >= 4 is 23.5 Å². The van der Waals surface area contributed by atoms with Gasteiger partial charge in [0.25, 0.3) is 0 Å². The van der Waals surface area contributed by atoms with E-state index in [1.807, 2.05) is 35.4 Å². The average molecular weight is 435 g/mol. The van der Waals surface area contributed by atoms with E-state index in [0.717, 1.165) is 49.5 Å². The molecule has 0 radical (unpaired) electrons. The number of aromatic nitrogens is 4. The van der Waals surface area contributed by atoms with Crippen LogP contribution in [0.4, 0.5) is 5.82 Å². The fraction of sp³-hybridized carbons (Fsp3) is 0.391. The lowest BCUT2D eigenvalue weighted by Gasteiger charge is -2.35. The molecule has 3 heterocycles. The van der Waals surface area contributed by atoms with Gasteiger partial charge in [0, 0.05) is 38.3 Å². The second-order valence-corrected chi connectivity index (χ2v) is 8.97. The number of anilines is 1. The molecule has 31 heavy (non-hydrogen) atoms. The van der Waals surface area contributed by atoms with Crippen molar-refractivity contribution in [2.45, 2.75) is 30.5 Å². The lowest BCUT2D eigenvalue weighted by atomic mass is 10.2. The smallest absolute Gasteiger partial charge is 0.233 e. The topological polar surface area (TPSA) is 67.2 Å². The first-order valence-electron chi connectivity index (χ1n) is 10.8. The molecule has 7 nitrogen and oxygen atoms in total. The second kappa shape index (κ2) is 9.09. The first-order chi connectivity index (χ1) is 15.3. The van der Waals surface area contributed by atoms with E-state index in [4.69, 9.17) is 0 Å². The lowest BCUT2D eigenvalue weighted by molar-refractivity contribution is -0.128. The molecular formula is C23H26N6OS. The number of thioether (sulfide) groups is 1. The predicted molar refractivity (Wildman–Crippen MR) is 121 cm³/mol. The summed E-state index contributed by atoms with van der Waals surface area (Å²) in [5.41, 5.74) is 1.23. The van der Waals surface area contributed by atoms with Crippen molar-refractivity contribution in [1.82, 2.24) is 24.6 Å². The van der Waals surface area contributed by atoms with Crippen molar-refractivity contribution in [3.8, 4) is 0 Å². The molecule has 0 spiro atoms. The number of pyridine rings is 1. The van der Waals surface area contributed by atoms with Gasteiger partial charge in [0.15, 0.2) is 5.16 Å². The zero-order valence-corrected chi connectivity index (χ0v) is 18.2. The number of rotatable bonds is 7. The highest BCUT2D eigenvalue weighted by atomic mass is 32.2. The molecule has 5 rings (SSSR count). The van der Waals surface area contributed by atoms with Crippen LogP contribution in [0.3, 0.4) is 0 Å². The Kier molecular flexibility index (Phi) is 5.88. The van der Waals surface area contributed by atoms with Crippen LogP contribution in [0.1, 0.15) is 30.1 Å². The zero-order chi connectivity index (χ0) is 21.0. The number of carbonyl (C=O) groups is 1. The summed E-state index contributed by atoms with van der Waals surface area (Å²) in [6, 6.07) is 16.3. The summed E-state index contributed by atoms with van der Waals surface area (Å²) >= 11 is 1.50. The molecule has 1 saturated carbocycles. The Hall–Kier alpha value is -2.87. The van der Waals surface area contributed by atoms with E-state index in [1.54, 1.807) is 0 Å². The average Bonchev–Trinajstić information content (AvgIpc) is 3.60. The first kappa shape index (κ1) is 20.1. The van der Waals surface area contributed by atoms with E-state index in [0.29, 0.717) is 11.7 Å². The Labute approximate surface area is 186 Å². The van der Waals surface area contributed by atoms with Crippen LogP contribution >= 0.6 is 11.8 Å².